The largest absolute Gasteiger partial charge is 0.528 e. The molecular weight excluding hydrogens is 364 g/mol. The molecule has 0 radical (unpaired) electrons. The number of hydroxylamine groups is 2. The van der Waals surface area contributed by atoms with Crippen LogP contribution >= 0.6 is 0 Å². The van der Waals surface area contributed by atoms with Crippen molar-refractivity contribution in [2.24, 2.45) is 0 Å². The van der Waals surface area contributed by atoms with Gasteiger partial charge in [-0.05, 0) is 69.2 Å². The maximum Gasteiger partial charge on any atom is 0.528 e. The average molecular weight is 395 g/mol. The van der Waals surface area contributed by atoms with Crippen LogP contribution < -0.4 is 0 Å². The molecule has 0 bridgehead atoms. The van der Waals surface area contributed by atoms with Crippen LogP contribution in [-0.2, 0) is 22.4 Å². The van der Waals surface area contributed by atoms with E-state index in [1.165, 1.54) is 11.1 Å². The summed E-state index contributed by atoms with van der Waals surface area (Å²) >= 11 is 0. The Morgan fingerprint density at radius 2 is 1.90 bits per heavy atom. The topological polar surface area (TPSA) is 51.7 Å². The maximum absolute atomic E-state index is 11.8. The molecular formula is C24H30N2O3. The number of nitrogens with zero attached hydrogens (tertiary/aromatic N) is 2. The molecule has 0 saturated carbocycles. The summed E-state index contributed by atoms with van der Waals surface area (Å²) in [7, 11) is 0. The van der Waals surface area contributed by atoms with Gasteiger partial charge in [-0.1, -0.05) is 42.5 Å². The molecule has 1 aromatic heterocycles. The lowest BCUT2D eigenvalue weighted by atomic mass is 10.0. The number of carbonyl (C=O) groups is 1. The van der Waals surface area contributed by atoms with Crippen molar-refractivity contribution in [3.05, 3.63) is 71.6 Å². The van der Waals surface area contributed by atoms with E-state index in [0.29, 0.717) is 13.1 Å². The Kier molecular flexibility index (Phi) is 7.04. The highest BCUT2D eigenvalue weighted by molar-refractivity contribution is 5.66. The number of hydrogen-bond acceptors (Lipinski definition) is 5. The van der Waals surface area contributed by atoms with Crippen molar-refractivity contribution in [2.75, 3.05) is 13.1 Å². The zero-order valence-corrected chi connectivity index (χ0v) is 17.6. The van der Waals surface area contributed by atoms with Gasteiger partial charge in [0.1, 0.15) is 5.60 Å². The van der Waals surface area contributed by atoms with E-state index in [4.69, 9.17) is 9.57 Å². The molecule has 1 aliphatic rings. The van der Waals surface area contributed by atoms with E-state index >= 15 is 0 Å². The first-order valence-corrected chi connectivity index (χ1v) is 10.2. The number of pyridine rings is 1. The van der Waals surface area contributed by atoms with Crippen LogP contribution in [0.2, 0.25) is 0 Å². The van der Waals surface area contributed by atoms with Gasteiger partial charge >= 0.3 is 6.16 Å². The summed E-state index contributed by atoms with van der Waals surface area (Å²) in [5.74, 6) is 0. The van der Waals surface area contributed by atoms with Gasteiger partial charge in [0, 0.05) is 18.4 Å². The van der Waals surface area contributed by atoms with Gasteiger partial charge in [-0.15, -0.1) is 5.06 Å². The summed E-state index contributed by atoms with van der Waals surface area (Å²) in [6.45, 7) is 6.65. The van der Waals surface area contributed by atoms with Crippen molar-refractivity contribution in [1.82, 2.24) is 10.0 Å². The summed E-state index contributed by atoms with van der Waals surface area (Å²) in [5.41, 5.74) is 4.30. The minimum Gasteiger partial charge on any atom is -0.427 e. The number of carbonyl (C=O) groups excluding carboxylic acids is 1. The number of ether oxygens (including phenoxy) is 1. The van der Waals surface area contributed by atoms with E-state index in [1.54, 1.807) is 5.06 Å². The van der Waals surface area contributed by atoms with Crippen molar-refractivity contribution in [3.63, 3.8) is 0 Å². The van der Waals surface area contributed by atoms with Crippen LogP contribution in [0.4, 0.5) is 4.79 Å². The zero-order chi connectivity index (χ0) is 20.7. The highest BCUT2D eigenvalue weighted by Crippen LogP contribution is 2.23. The van der Waals surface area contributed by atoms with Crippen molar-refractivity contribution in [3.8, 4) is 0 Å². The Hall–Kier alpha value is -2.66. The third-order valence-corrected chi connectivity index (χ3v) is 4.70. The van der Waals surface area contributed by atoms with Gasteiger partial charge in [-0.3, -0.25) is 4.98 Å². The number of rotatable bonds is 6. The molecule has 1 aromatic carbocycles. The van der Waals surface area contributed by atoms with Gasteiger partial charge in [-0.2, -0.15) is 0 Å². The van der Waals surface area contributed by atoms with Crippen LogP contribution in [0.3, 0.4) is 0 Å². The van der Waals surface area contributed by atoms with Gasteiger partial charge in [0.05, 0.1) is 6.54 Å². The number of benzene rings is 1. The highest BCUT2D eigenvalue weighted by atomic mass is 16.8. The first kappa shape index (κ1) is 21.1. The maximum atomic E-state index is 11.8. The third-order valence-electron chi connectivity index (χ3n) is 4.70. The summed E-state index contributed by atoms with van der Waals surface area (Å²) < 4.78 is 5.19. The molecule has 0 spiro atoms. The van der Waals surface area contributed by atoms with Gasteiger partial charge in [-0.25, -0.2) is 4.79 Å². The minimum atomic E-state index is -0.657. The summed E-state index contributed by atoms with van der Waals surface area (Å²) in [6.07, 6.45) is 7.33. The van der Waals surface area contributed by atoms with Crippen molar-refractivity contribution in [1.29, 1.82) is 0 Å². The summed E-state index contributed by atoms with van der Waals surface area (Å²) in [4.78, 5) is 21.7. The second-order valence-corrected chi connectivity index (χ2v) is 8.30. The van der Waals surface area contributed by atoms with Crippen molar-refractivity contribution >= 4 is 11.7 Å². The Labute approximate surface area is 173 Å². The van der Waals surface area contributed by atoms with Crippen molar-refractivity contribution in [2.45, 2.75) is 52.1 Å². The van der Waals surface area contributed by atoms with Crippen molar-refractivity contribution < 1.29 is 14.4 Å². The number of aryl methyl sites for hydroxylation is 2. The predicted molar refractivity (Wildman–Crippen MR) is 114 cm³/mol. The first-order chi connectivity index (χ1) is 13.9. The molecule has 1 aliphatic heterocycles. The van der Waals surface area contributed by atoms with Crippen LogP contribution in [0.25, 0.3) is 5.57 Å². The van der Waals surface area contributed by atoms with E-state index in [0.717, 1.165) is 36.9 Å². The second kappa shape index (κ2) is 9.70. The standard InChI is InChI=1S/C24H30N2O3/c1-24(2,3)28-23(27)29-26-16-14-20(15-17-26)21-12-13-22(25-18-21)11-7-10-19-8-5-4-6-9-19/h4-6,8-9,12-14,18H,7,10-11,15-17H2,1-3H3. The Morgan fingerprint density at radius 1 is 1.10 bits per heavy atom. The molecule has 5 heteroatoms. The smallest absolute Gasteiger partial charge is 0.427 e. The molecule has 29 heavy (non-hydrogen) atoms. The van der Waals surface area contributed by atoms with Crippen LogP contribution in [0.15, 0.2) is 54.7 Å². The Morgan fingerprint density at radius 3 is 2.52 bits per heavy atom. The summed E-state index contributed by atoms with van der Waals surface area (Å²) in [6, 6.07) is 14.8. The number of hydrogen-bond donors (Lipinski definition) is 0. The highest BCUT2D eigenvalue weighted by Gasteiger charge is 2.22. The quantitative estimate of drug-likeness (QED) is 0.629. The average Bonchev–Trinajstić information content (AvgIpc) is 2.68. The number of aromatic nitrogens is 1. The molecule has 0 unspecified atom stereocenters. The molecule has 0 atom stereocenters. The molecule has 0 amide bonds. The molecule has 0 saturated heterocycles. The fraction of sp³-hybridized carbons (Fsp3) is 0.417. The monoisotopic (exact) mass is 394 g/mol. The van der Waals surface area contributed by atoms with Crippen LogP contribution in [-0.4, -0.2) is 34.9 Å². The SMILES string of the molecule is CC(C)(C)OC(=O)ON1CC=C(c2ccc(CCCc3ccccc3)nc2)CC1. The molecule has 3 rings (SSSR count). The van der Waals surface area contributed by atoms with E-state index in [1.807, 2.05) is 33.0 Å². The second-order valence-electron chi connectivity index (χ2n) is 8.30. The van der Waals surface area contributed by atoms with Crippen LogP contribution in [0.1, 0.15) is 50.4 Å². The van der Waals surface area contributed by atoms with E-state index in [2.05, 4.69) is 47.5 Å². The molecule has 2 heterocycles. The normalized spacial score (nSPS) is 14.9. The fourth-order valence-electron chi connectivity index (χ4n) is 3.25. The van der Waals surface area contributed by atoms with Crippen LogP contribution in [0.5, 0.6) is 0 Å². The minimum absolute atomic E-state index is 0.549. The van der Waals surface area contributed by atoms with Gasteiger partial charge < -0.3 is 9.57 Å². The molecule has 0 aliphatic carbocycles. The van der Waals surface area contributed by atoms with Gasteiger partial charge in [0.15, 0.2) is 0 Å². The molecule has 0 fully saturated rings. The summed E-state index contributed by atoms with van der Waals surface area (Å²) in [5, 5.41) is 1.63. The first-order valence-electron chi connectivity index (χ1n) is 10.2. The van der Waals surface area contributed by atoms with Gasteiger partial charge in [0.25, 0.3) is 0 Å². The van der Waals surface area contributed by atoms with E-state index in [9.17, 15) is 4.79 Å². The Balaban J connectivity index is 1.46. The molecule has 0 N–H and O–H groups in total. The predicted octanol–water partition coefficient (Wildman–Crippen LogP) is 5.21. The molecule has 154 valence electrons. The lowest BCUT2D eigenvalue weighted by Crippen LogP contribution is -2.34. The van der Waals surface area contributed by atoms with E-state index in [-0.39, 0.29) is 0 Å². The lowest BCUT2D eigenvalue weighted by Gasteiger charge is -2.26. The van der Waals surface area contributed by atoms with E-state index < -0.39 is 11.8 Å². The van der Waals surface area contributed by atoms with Gasteiger partial charge in [0.2, 0.25) is 0 Å². The third kappa shape index (κ3) is 7.02. The molecule has 5 nitrogen and oxygen atoms in total. The zero-order valence-electron chi connectivity index (χ0n) is 17.6. The fourth-order valence-corrected chi connectivity index (χ4v) is 3.25. The Bertz CT molecular complexity index is 823. The van der Waals surface area contributed by atoms with Crippen LogP contribution in [0, 0.1) is 0 Å². The molecule has 2 aromatic rings. The lowest BCUT2D eigenvalue weighted by molar-refractivity contribution is -0.137.